The lowest BCUT2D eigenvalue weighted by molar-refractivity contribution is 0.0786. The number of anilines is 1. The van der Waals surface area contributed by atoms with E-state index in [0.29, 0.717) is 11.6 Å². The van der Waals surface area contributed by atoms with Crippen LogP contribution >= 0.6 is 0 Å². The smallest absolute Gasteiger partial charge is 0.274 e. The van der Waals surface area contributed by atoms with E-state index < -0.39 is 0 Å². The number of hydrogen-bond donors (Lipinski definition) is 1. The van der Waals surface area contributed by atoms with Crippen LogP contribution in [0.4, 0.5) is 5.82 Å². The number of carbonyl (C=O) groups excluding carboxylic acids is 1. The number of nitrogens with zero attached hydrogens (tertiary/aromatic N) is 4. The van der Waals surface area contributed by atoms with E-state index in [-0.39, 0.29) is 12.5 Å². The first-order valence-electron chi connectivity index (χ1n) is 9.78. The SMILES string of the molecule is O=C(c1cncc(N2CC[C@@H](Cc3cccc(CO)c3)C2)n1)N1CCCC1. The minimum atomic E-state index is -0.00147. The van der Waals surface area contributed by atoms with Gasteiger partial charge in [-0.2, -0.15) is 0 Å². The fourth-order valence-electron chi connectivity index (χ4n) is 4.09. The number of benzene rings is 1. The van der Waals surface area contributed by atoms with Crippen LogP contribution in [0.1, 0.15) is 40.9 Å². The van der Waals surface area contributed by atoms with Gasteiger partial charge in [0.05, 0.1) is 19.0 Å². The van der Waals surface area contributed by atoms with Crippen LogP contribution < -0.4 is 4.90 Å². The minimum absolute atomic E-state index is 0.00147. The van der Waals surface area contributed by atoms with Crippen molar-refractivity contribution in [2.75, 3.05) is 31.1 Å². The number of carbonyl (C=O) groups is 1. The van der Waals surface area contributed by atoms with Crippen molar-refractivity contribution in [2.24, 2.45) is 5.92 Å². The third-order valence-electron chi connectivity index (χ3n) is 5.54. The Morgan fingerprint density at radius 3 is 2.78 bits per heavy atom. The molecule has 2 aliphatic rings. The van der Waals surface area contributed by atoms with Gasteiger partial charge in [0.2, 0.25) is 0 Å². The van der Waals surface area contributed by atoms with E-state index in [9.17, 15) is 9.90 Å². The summed E-state index contributed by atoms with van der Waals surface area (Å²) in [4.78, 5) is 25.5. The maximum absolute atomic E-state index is 12.6. The number of amides is 1. The largest absolute Gasteiger partial charge is 0.392 e. The summed E-state index contributed by atoms with van der Waals surface area (Å²) in [5.74, 6) is 1.34. The molecule has 0 aliphatic carbocycles. The highest BCUT2D eigenvalue weighted by molar-refractivity contribution is 5.92. The Labute approximate surface area is 159 Å². The Kier molecular flexibility index (Phi) is 5.34. The number of likely N-dealkylation sites (tertiary alicyclic amines) is 1. The van der Waals surface area contributed by atoms with Gasteiger partial charge >= 0.3 is 0 Å². The lowest BCUT2D eigenvalue weighted by Gasteiger charge is -2.19. The quantitative estimate of drug-likeness (QED) is 0.879. The first-order chi connectivity index (χ1) is 13.2. The van der Waals surface area contributed by atoms with Gasteiger partial charge in [0.25, 0.3) is 5.91 Å². The molecule has 2 aromatic rings. The molecule has 27 heavy (non-hydrogen) atoms. The molecule has 0 unspecified atom stereocenters. The predicted molar refractivity (Wildman–Crippen MR) is 104 cm³/mol. The van der Waals surface area contributed by atoms with Gasteiger partial charge < -0.3 is 14.9 Å². The molecule has 1 N–H and O–H groups in total. The second-order valence-corrected chi connectivity index (χ2v) is 7.54. The molecular weight excluding hydrogens is 340 g/mol. The van der Waals surface area contributed by atoms with Gasteiger partial charge in [-0.25, -0.2) is 4.98 Å². The summed E-state index contributed by atoms with van der Waals surface area (Å²) in [7, 11) is 0. The summed E-state index contributed by atoms with van der Waals surface area (Å²) < 4.78 is 0. The fraction of sp³-hybridized carbons (Fsp3) is 0.476. The van der Waals surface area contributed by atoms with Crippen LogP contribution in [0.25, 0.3) is 0 Å². The van der Waals surface area contributed by atoms with E-state index in [4.69, 9.17) is 0 Å². The average molecular weight is 366 g/mol. The number of aliphatic hydroxyl groups is 1. The monoisotopic (exact) mass is 366 g/mol. The Morgan fingerprint density at radius 1 is 1.15 bits per heavy atom. The molecular formula is C21H26N4O2. The molecule has 1 atom stereocenters. The number of aliphatic hydroxyl groups excluding tert-OH is 1. The van der Waals surface area contributed by atoms with Crippen LogP contribution in [-0.2, 0) is 13.0 Å². The first kappa shape index (κ1) is 17.9. The molecule has 2 fully saturated rings. The molecule has 1 aromatic carbocycles. The molecule has 142 valence electrons. The average Bonchev–Trinajstić information content (AvgIpc) is 3.40. The molecule has 2 saturated heterocycles. The minimum Gasteiger partial charge on any atom is -0.392 e. The topological polar surface area (TPSA) is 69.6 Å². The third-order valence-corrected chi connectivity index (χ3v) is 5.54. The summed E-state index contributed by atoms with van der Waals surface area (Å²) >= 11 is 0. The van der Waals surface area contributed by atoms with Crippen LogP contribution in [0.5, 0.6) is 0 Å². The van der Waals surface area contributed by atoms with Crippen LogP contribution in [0.15, 0.2) is 36.7 Å². The number of hydrogen-bond acceptors (Lipinski definition) is 5. The van der Waals surface area contributed by atoms with Crippen LogP contribution in [0.2, 0.25) is 0 Å². The number of aromatic nitrogens is 2. The molecule has 3 heterocycles. The Morgan fingerprint density at radius 2 is 1.96 bits per heavy atom. The Bertz CT molecular complexity index is 804. The number of rotatable bonds is 5. The maximum atomic E-state index is 12.6. The van der Waals surface area contributed by atoms with E-state index >= 15 is 0 Å². The van der Waals surface area contributed by atoms with E-state index in [1.807, 2.05) is 17.0 Å². The van der Waals surface area contributed by atoms with E-state index in [0.717, 1.165) is 63.2 Å². The Balaban J connectivity index is 1.41. The molecule has 6 nitrogen and oxygen atoms in total. The van der Waals surface area contributed by atoms with Gasteiger partial charge in [-0.05, 0) is 42.7 Å². The van der Waals surface area contributed by atoms with Crippen molar-refractivity contribution in [1.29, 1.82) is 0 Å². The summed E-state index contributed by atoms with van der Waals surface area (Å²) in [5, 5.41) is 9.31. The third kappa shape index (κ3) is 4.11. The molecule has 6 heteroatoms. The molecule has 0 saturated carbocycles. The summed E-state index contributed by atoms with van der Waals surface area (Å²) in [6, 6.07) is 8.16. The van der Waals surface area contributed by atoms with Crippen molar-refractivity contribution in [2.45, 2.75) is 32.3 Å². The van der Waals surface area contributed by atoms with Gasteiger partial charge in [-0.3, -0.25) is 9.78 Å². The molecule has 0 radical (unpaired) electrons. The van der Waals surface area contributed by atoms with Gasteiger partial charge in [0.1, 0.15) is 11.5 Å². The Hall–Kier alpha value is -2.47. The zero-order chi connectivity index (χ0) is 18.6. The van der Waals surface area contributed by atoms with Gasteiger partial charge in [-0.15, -0.1) is 0 Å². The molecule has 0 bridgehead atoms. The highest BCUT2D eigenvalue weighted by Gasteiger charge is 2.26. The van der Waals surface area contributed by atoms with Crippen molar-refractivity contribution in [1.82, 2.24) is 14.9 Å². The molecule has 4 rings (SSSR count). The molecule has 1 aromatic heterocycles. The molecule has 2 aliphatic heterocycles. The van der Waals surface area contributed by atoms with Crippen LogP contribution in [0, 0.1) is 5.92 Å². The molecule has 1 amide bonds. The standard InChI is InChI=1S/C21H26N4O2/c26-15-18-5-3-4-16(11-18)10-17-6-9-25(14-17)20-13-22-12-19(23-20)21(27)24-7-1-2-8-24/h3-5,11-13,17,26H,1-2,6-10,14-15H2/t17-/m0/s1. The predicted octanol–water partition coefficient (Wildman–Crippen LogP) is 2.27. The fourth-order valence-corrected chi connectivity index (χ4v) is 4.09. The van der Waals surface area contributed by atoms with Gasteiger partial charge in [0.15, 0.2) is 0 Å². The van der Waals surface area contributed by atoms with Crippen molar-refractivity contribution in [3.8, 4) is 0 Å². The van der Waals surface area contributed by atoms with E-state index in [1.54, 1.807) is 12.4 Å². The summed E-state index contributed by atoms with van der Waals surface area (Å²) in [6.45, 7) is 3.57. The normalized spacial score (nSPS) is 19.7. The van der Waals surface area contributed by atoms with Gasteiger partial charge in [0, 0.05) is 26.2 Å². The highest BCUT2D eigenvalue weighted by Crippen LogP contribution is 2.25. The zero-order valence-corrected chi connectivity index (χ0v) is 15.5. The van der Waals surface area contributed by atoms with Gasteiger partial charge in [-0.1, -0.05) is 24.3 Å². The highest BCUT2D eigenvalue weighted by atomic mass is 16.3. The lowest BCUT2D eigenvalue weighted by atomic mass is 9.97. The molecule has 0 spiro atoms. The first-order valence-corrected chi connectivity index (χ1v) is 9.78. The van der Waals surface area contributed by atoms with Crippen molar-refractivity contribution < 1.29 is 9.90 Å². The van der Waals surface area contributed by atoms with Crippen molar-refractivity contribution in [3.05, 3.63) is 53.5 Å². The van der Waals surface area contributed by atoms with Crippen LogP contribution in [-0.4, -0.2) is 52.1 Å². The summed E-state index contributed by atoms with van der Waals surface area (Å²) in [6.07, 6.45) is 7.57. The lowest BCUT2D eigenvalue weighted by Crippen LogP contribution is -2.29. The van der Waals surface area contributed by atoms with Crippen molar-refractivity contribution >= 4 is 11.7 Å². The van der Waals surface area contributed by atoms with E-state index in [2.05, 4.69) is 27.0 Å². The van der Waals surface area contributed by atoms with Crippen molar-refractivity contribution in [3.63, 3.8) is 0 Å². The zero-order valence-electron chi connectivity index (χ0n) is 15.5. The summed E-state index contributed by atoms with van der Waals surface area (Å²) in [5.41, 5.74) is 2.67. The maximum Gasteiger partial charge on any atom is 0.274 e. The second-order valence-electron chi connectivity index (χ2n) is 7.54. The van der Waals surface area contributed by atoms with E-state index in [1.165, 1.54) is 5.56 Å². The van der Waals surface area contributed by atoms with Crippen LogP contribution in [0.3, 0.4) is 0 Å². The second kappa shape index (κ2) is 8.05.